The fraction of sp³-hybridized carbons (Fsp3) is 0.565. The van der Waals surface area contributed by atoms with Gasteiger partial charge >= 0.3 is 5.97 Å². The van der Waals surface area contributed by atoms with E-state index in [0.717, 1.165) is 67.0 Å². The summed E-state index contributed by atoms with van der Waals surface area (Å²) in [5.74, 6) is -0.572. The zero-order valence-corrected chi connectivity index (χ0v) is 34.1. The van der Waals surface area contributed by atoms with E-state index in [4.69, 9.17) is 23.7 Å². The first kappa shape index (κ1) is 41.3. The van der Waals surface area contributed by atoms with E-state index in [2.05, 4.69) is 9.89 Å². The highest BCUT2D eigenvalue weighted by atomic mass is 16.6. The molecule has 3 fully saturated rings. The van der Waals surface area contributed by atoms with Crippen molar-refractivity contribution in [3.05, 3.63) is 67.9 Å². The predicted molar refractivity (Wildman–Crippen MR) is 216 cm³/mol. The SMILES string of the molecule is CCOC(=O)C1=C(C=O)/C(=C2\CCC(=O)[C@@H](c3ccc4c(c3)=CCN=4)C2)c2c(OCCCO)c3c(c(CO)c2O1)O[C@H]([C@@]1(O)CCC[C@H]2CN(CCCOC)CC[C@@H]21)C3. The molecule has 4 aliphatic heterocycles. The summed E-state index contributed by atoms with van der Waals surface area (Å²) >= 11 is 0. The van der Waals surface area contributed by atoms with Crippen LogP contribution in [0, 0.1) is 11.8 Å². The van der Waals surface area contributed by atoms with Crippen molar-refractivity contribution in [3.63, 3.8) is 0 Å². The fourth-order valence-electron chi connectivity index (χ4n) is 10.6. The molecule has 59 heavy (non-hydrogen) atoms. The second-order valence-electron chi connectivity index (χ2n) is 16.6. The average molecular weight is 813 g/mol. The number of allylic oxidation sites excluding steroid dienone is 3. The topological polar surface area (TPSA) is 174 Å². The Labute approximate surface area is 344 Å². The second kappa shape index (κ2) is 17.7. The number of esters is 1. The molecule has 1 saturated heterocycles. The molecule has 13 heteroatoms. The number of methoxy groups -OCH3 is 1. The number of carbonyl (C=O) groups excluding carboxylic acids is 3. The number of aliphatic hydroxyl groups is 3. The van der Waals surface area contributed by atoms with Crippen LogP contribution in [0.5, 0.6) is 17.2 Å². The summed E-state index contributed by atoms with van der Waals surface area (Å²) in [5.41, 5.74) is 2.08. The van der Waals surface area contributed by atoms with E-state index in [-0.39, 0.29) is 79.3 Å². The number of likely N-dealkylation sites (tertiary alicyclic amines) is 1. The fourth-order valence-corrected chi connectivity index (χ4v) is 10.6. The molecule has 0 amide bonds. The summed E-state index contributed by atoms with van der Waals surface area (Å²) in [6, 6.07) is 5.86. The number of ketones is 1. The molecule has 0 radical (unpaired) electrons. The quantitative estimate of drug-likeness (QED) is 0.145. The number of fused-ring (bicyclic) bond motifs is 4. The normalized spacial score (nSPS) is 27.4. The first-order valence-electron chi connectivity index (χ1n) is 21.4. The summed E-state index contributed by atoms with van der Waals surface area (Å²) in [4.78, 5) is 47.7. The molecule has 4 heterocycles. The lowest BCUT2D eigenvalue weighted by Crippen LogP contribution is -2.59. The van der Waals surface area contributed by atoms with Crippen molar-refractivity contribution >= 4 is 29.7 Å². The minimum absolute atomic E-state index is 0.00456. The lowest BCUT2D eigenvalue weighted by atomic mass is 9.63. The Bertz CT molecular complexity index is 2180. The number of benzene rings is 2. The molecule has 6 aliphatic rings. The number of hydrogen-bond acceptors (Lipinski definition) is 13. The van der Waals surface area contributed by atoms with Crippen LogP contribution in [0.1, 0.15) is 92.9 Å². The van der Waals surface area contributed by atoms with Crippen LogP contribution in [-0.2, 0) is 36.9 Å². The molecule has 2 aliphatic carbocycles. The zero-order chi connectivity index (χ0) is 41.3. The van der Waals surface area contributed by atoms with Crippen molar-refractivity contribution in [1.82, 2.24) is 4.90 Å². The maximum absolute atomic E-state index is 13.7. The van der Waals surface area contributed by atoms with Gasteiger partial charge in [-0.25, -0.2) is 4.79 Å². The summed E-state index contributed by atoms with van der Waals surface area (Å²) in [6.45, 7) is 5.12. The van der Waals surface area contributed by atoms with E-state index in [0.29, 0.717) is 66.9 Å². The molecular weight excluding hydrogens is 757 g/mol. The van der Waals surface area contributed by atoms with Gasteiger partial charge < -0.3 is 43.9 Å². The Morgan fingerprint density at radius 2 is 1.98 bits per heavy atom. The van der Waals surface area contributed by atoms with E-state index in [1.54, 1.807) is 14.0 Å². The maximum atomic E-state index is 13.7. The lowest BCUT2D eigenvalue weighted by molar-refractivity contribution is -0.151. The Morgan fingerprint density at radius 1 is 1.12 bits per heavy atom. The third-order valence-corrected chi connectivity index (χ3v) is 13.3. The van der Waals surface area contributed by atoms with Gasteiger partial charge in [0.2, 0.25) is 5.76 Å². The standard InChI is InChI=1S/C46H56N2O11/c1-3-56-45(53)44-33(25-50)39(29-9-11-37(52)31(22-29)27-8-10-36-28(21-27)12-15-47-36)40-42(57-20-6-18-49)32-23-38(58-41(32)34(26-51)43(40)59-44)46(54)14-4-7-30-24-48(16-5-19-55-2)17-13-35(30)46/h8,10,12,21,25,30-31,35,38,49,51,54H,3-7,9,11,13-20,22-24,26H2,1-2H3/b39-29-/t30-,31+,35-,38-,46+/m0/s1. The predicted octanol–water partition coefficient (Wildman–Crippen LogP) is 3.25. The number of rotatable bonds is 14. The summed E-state index contributed by atoms with van der Waals surface area (Å²) in [5, 5.41) is 35.7. The van der Waals surface area contributed by atoms with Crippen molar-refractivity contribution in [1.29, 1.82) is 0 Å². The number of hydrogen-bond donors (Lipinski definition) is 3. The van der Waals surface area contributed by atoms with Crippen molar-refractivity contribution in [2.75, 3.05) is 59.7 Å². The minimum atomic E-state index is -1.17. The monoisotopic (exact) mass is 812 g/mol. The van der Waals surface area contributed by atoms with Crippen molar-refractivity contribution in [2.24, 2.45) is 16.8 Å². The first-order valence-corrected chi connectivity index (χ1v) is 21.4. The van der Waals surface area contributed by atoms with Crippen LogP contribution in [0.3, 0.4) is 0 Å². The van der Waals surface area contributed by atoms with E-state index in [9.17, 15) is 29.7 Å². The lowest BCUT2D eigenvalue weighted by Gasteiger charge is -2.51. The van der Waals surface area contributed by atoms with Gasteiger partial charge in [-0.15, -0.1) is 0 Å². The summed E-state index contributed by atoms with van der Waals surface area (Å²) in [6.07, 6.45) is 7.50. The highest BCUT2D eigenvalue weighted by molar-refractivity contribution is 6.11. The van der Waals surface area contributed by atoms with Crippen LogP contribution in [-0.4, -0.2) is 110 Å². The van der Waals surface area contributed by atoms with Gasteiger partial charge in [0.1, 0.15) is 34.7 Å². The van der Waals surface area contributed by atoms with Gasteiger partial charge in [-0.3, -0.25) is 14.6 Å². The number of Topliss-reactive ketones (excluding diaryl/α,β-unsaturated/α-hetero) is 1. The number of nitrogens with zero attached hydrogens (tertiary/aromatic N) is 2. The van der Waals surface area contributed by atoms with Crippen molar-refractivity contribution in [2.45, 2.75) is 95.4 Å². The van der Waals surface area contributed by atoms with Gasteiger partial charge in [-0.2, -0.15) is 0 Å². The highest BCUT2D eigenvalue weighted by Gasteiger charge is 2.55. The molecule has 0 aromatic heterocycles. The van der Waals surface area contributed by atoms with Crippen LogP contribution in [0.4, 0.5) is 0 Å². The third kappa shape index (κ3) is 7.65. The Morgan fingerprint density at radius 3 is 2.76 bits per heavy atom. The number of carbonyl (C=O) groups is 3. The Balaban J connectivity index is 1.25. The zero-order valence-electron chi connectivity index (χ0n) is 34.1. The van der Waals surface area contributed by atoms with Gasteiger partial charge in [0.15, 0.2) is 6.29 Å². The van der Waals surface area contributed by atoms with Crippen molar-refractivity contribution in [3.8, 4) is 17.2 Å². The maximum Gasteiger partial charge on any atom is 0.375 e. The summed E-state index contributed by atoms with van der Waals surface area (Å²) in [7, 11) is 1.72. The van der Waals surface area contributed by atoms with Crippen LogP contribution >= 0.6 is 0 Å². The molecular formula is C46H56N2O11. The van der Waals surface area contributed by atoms with Crippen LogP contribution < -0.4 is 24.8 Å². The molecule has 0 spiro atoms. The Hall–Kier alpha value is -4.40. The van der Waals surface area contributed by atoms with Crippen LogP contribution in [0.25, 0.3) is 11.6 Å². The van der Waals surface area contributed by atoms with Gasteiger partial charge in [0.05, 0.1) is 48.4 Å². The van der Waals surface area contributed by atoms with E-state index in [1.165, 1.54) is 0 Å². The van der Waals surface area contributed by atoms with E-state index in [1.807, 2.05) is 24.3 Å². The van der Waals surface area contributed by atoms with Crippen molar-refractivity contribution < 1.29 is 53.4 Å². The molecule has 2 aromatic rings. The highest BCUT2D eigenvalue weighted by Crippen LogP contribution is 2.58. The van der Waals surface area contributed by atoms with Crippen LogP contribution in [0.15, 0.2) is 40.1 Å². The van der Waals surface area contributed by atoms with Gasteiger partial charge in [0, 0.05) is 69.7 Å². The Kier molecular flexibility index (Phi) is 12.4. The first-order chi connectivity index (χ1) is 28.7. The molecule has 8 rings (SSSR count). The molecule has 0 bridgehead atoms. The van der Waals surface area contributed by atoms with E-state index < -0.39 is 30.2 Å². The van der Waals surface area contributed by atoms with E-state index >= 15 is 0 Å². The average Bonchev–Trinajstić information content (AvgIpc) is 3.92. The minimum Gasteiger partial charge on any atom is -0.492 e. The second-order valence-corrected chi connectivity index (χ2v) is 16.6. The smallest absolute Gasteiger partial charge is 0.375 e. The number of piperidine rings is 1. The molecule has 5 atom stereocenters. The molecule has 0 unspecified atom stereocenters. The van der Waals surface area contributed by atoms with Gasteiger partial charge in [-0.1, -0.05) is 24.1 Å². The third-order valence-electron chi connectivity index (χ3n) is 13.3. The number of aliphatic hydroxyl groups excluding tert-OH is 2. The van der Waals surface area contributed by atoms with Gasteiger partial charge in [0.25, 0.3) is 0 Å². The molecule has 2 aromatic carbocycles. The van der Waals surface area contributed by atoms with Gasteiger partial charge in [-0.05, 0) is 86.7 Å². The molecule has 2 saturated carbocycles. The molecule has 316 valence electrons. The molecule has 3 N–H and O–H groups in total. The number of ether oxygens (including phenoxy) is 5. The summed E-state index contributed by atoms with van der Waals surface area (Å²) < 4.78 is 30.5. The van der Waals surface area contributed by atoms with Crippen LogP contribution in [0.2, 0.25) is 0 Å². The largest absolute Gasteiger partial charge is 0.492 e. The number of aldehydes is 1. The molecule has 13 nitrogen and oxygen atoms in total.